The summed E-state index contributed by atoms with van der Waals surface area (Å²) in [5, 5.41) is 0.223. The average molecular weight is 299 g/mol. The fourth-order valence-electron chi connectivity index (χ4n) is 2.82. The van der Waals surface area contributed by atoms with Crippen molar-refractivity contribution in [2.45, 2.75) is 63.8 Å². The predicted octanol–water partition coefficient (Wildman–Crippen LogP) is 2.31. The second kappa shape index (κ2) is 5.43. The molecular formula is C15H30N2O2Si. The fourth-order valence-corrected chi connectivity index (χ4v) is 3.86. The molecule has 2 heterocycles. The number of hydrogen-bond donors (Lipinski definition) is 0. The van der Waals surface area contributed by atoms with Crippen molar-refractivity contribution in [2.24, 2.45) is 0 Å². The fraction of sp³-hybridized carbons (Fsp3) is 0.933. The van der Waals surface area contributed by atoms with E-state index in [1.165, 1.54) is 0 Å². The first kappa shape index (κ1) is 16.0. The summed E-state index contributed by atoms with van der Waals surface area (Å²) in [6.45, 7) is 14.0. The van der Waals surface area contributed by atoms with Gasteiger partial charge in [-0.05, 0) is 37.5 Å². The van der Waals surface area contributed by atoms with E-state index in [9.17, 15) is 4.79 Å². The third-order valence-electron chi connectivity index (χ3n) is 5.43. The third kappa shape index (κ3) is 2.94. The number of carbonyl (C=O) groups is 1. The van der Waals surface area contributed by atoms with E-state index in [0.717, 1.165) is 25.9 Å². The number of rotatable bonds is 3. The van der Waals surface area contributed by atoms with Gasteiger partial charge in [0.1, 0.15) is 0 Å². The second-order valence-corrected chi connectivity index (χ2v) is 12.6. The lowest BCUT2D eigenvalue weighted by Gasteiger charge is -2.43. The van der Waals surface area contributed by atoms with Crippen LogP contribution in [0.3, 0.4) is 0 Å². The molecule has 0 aromatic carbocycles. The highest BCUT2D eigenvalue weighted by atomic mass is 28.4. The van der Waals surface area contributed by atoms with Crippen LogP contribution < -0.4 is 0 Å². The molecule has 2 rings (SSSR count). The number of hydrogen-bond acceptors (Lipinski definition) is 3. The SMILES string of the molecule is CN1C(=O)[C@@H]2CCCN2C[C@H]1CO[Si](C)(C)C(C)(C)C. The topological polar surface area (TPSA) is 32.8 Å². The van der Waals surface area contributed by atoms with E-state index in [-0.39, 0.29) is 23.0 Å². The zero-order chi connectivity index (χ0) is 15.1. The summed E-state index contributed by atoms with van der Waals surface area (Å²) in [5.74, 6) is 0.289. The summed E-state index contributed by atoms with van der Waals surface area (Å²) >= 11 is 0. The first-order valence-electron chi connectivity index (χ1n) is 7.78. The molecule has 20 heavy (non-hydrogen) atoms. The van der Waals surface area contributed by atoms with Crippen molar-refractivity contribution >= 4 is 14.2 Å². The second-order valence-electron chi connectivity index (χ2n) is 7.83. The molecule has 5 heteroatoms. The minimum Gasteiger partial charge on any atom is -0.415 e. The lowest BCUT2D eigenvalue weighted by atomic mass is 10.1. The molecule has 0 unspecified atom stereocenters. The molecule has 4 nitrogen and oxygen atoms in total. The van der Waals surface area contributed by atoms with E-state index in [1.807, 2.05) is 11.9 Å². The highest BCUT2D eigenvalue weighted by Crippen LogP contribution is 2.37. The molecule has 1 amide bonds. The summed E-state index contributed by atoms with van der Waals surface area (Å²) in [6.07, 6.45) is 2.18. The maximum absolute atomic E-state index is 12.4. The van der Waals surface area contributed by atoms with Crippen LogP contribution in [-0.2, 0) is 9.22 Å². The van der Waals surface area contributed by atoms with Crippen molar-refractivity contribution < 1.29 is 9.22 Å². The molecule has 0 spiro atoms. The quantitative estimate of drug-likeness (QED) is 0.750. The summed E-state index contributed by atoms with van der Waals surface area (Å²) in [4.78, 5) is 16.7. The number of likely N-dealkylation sites (N-methyl/N-ethyl adjacent to an activating group) is 1. The Hall–Kier alpha value is -0.393. The lowest BCUT2D eigenvalue weighted by Crippen LogP contribution is -2.60. The van der Waals surface area contributed by atoms with Gasteiger partial charge >= 0.3 is 0 Å². The molecular weight excluding hydrogens is 268 g/mol. The van der Waals surface area contributed by atoms with E-state index >= 15 is 0 Å². The highest BCUT2D eigenvalue weighted by Gasteiger charge is 2.43. The van der Waals surface area contributed by atoms with Gasteiger partial charge in [0.05, 0.1) is 18.7 Å². The van der Waals surface area contributed by atoms with Gasteiger partial charge in [0.2, 0.25) is 5.91 Å². The standard InChI is InChI=1S/C15H30N2O2Si/c1-15(2,3)20(5,6)19-11-12-10-17-9-7-8-13(17)14(18)16(12)4/h12-13H,7-11H2,1-6H3/t12-,13-/m0/s1. The van der Waals surface area contributed by atoms with Gasteiger partial charge in [-0.2, -0.15) is 0 Å². The Bertz CT molecular complexity index is 379. The lowest BCUT2D eigenvalue weighted by molar-refractivity contribution is -0.143. The van der Waals surface area contributed by atoms with Crippen LogP contribution >= 0.6 is 0 Å². The van der Waals surface area contributed by atoms with Crippen molar-refractivity contribution in [1.82, 2.24) is 9.80 Å². The smallest absolute Gasteiger partial charge is 0.240 e. The van der Waals surface area contributed by atoms with Crippen molar-refractivity contribution in [1.29, 1.82) is 0 Å². The Morgan fingerprint density at radius 2 is 2.00 bits per heavy atom. The van der Waals surface area contributed by atoms with E-state index in [1.54, 1.807) is 0 Å². The minimum absolute atomic E-state index is 0.143. The van der Waals surface area contributed by atoms with Crippen LogP contribution in [0.1, 0.15) is 33.6 Å². The van der Waals surface area contributed by atoms with Gasteiger partial charge in [-0.1, -0.05) is 20.8 Å². The van der Waals surface area contributed by atoms with Crippen LogP contribution in [-0.4, -0.2) is 62.9 Å². The van der Waals surface area contributed by atoms with E-state index in [2.05, 4.69) is 38.8 Å². The maximum Gasteiger partial charge on any atom is 0.240 e. The summed E-state index contributed by atoms with van der Waals surface area (Å²) in [5.41, 5.74) is 0. The first-order valence-corrected chi connectivity index (χ1v) is 10.7. The van der Waals surface area contributed by atoms with Crippen LogP contribution in [0.5, 0.6) is 0 Å². The Kier molecular flexibility index (Phi) is 4.34. The summed E-state index contributed by atoms with van der Waals surface area (Å²) in [7, 11) is 0.212. The third-order valence-corrected chi connectivity index (χ3v) is 9.93. The van der Waals surface area contributed by atoms with Crippen molar-refractivity contribution in [3.05, 3.63) is 0 Å². The molecule has 0 radical (unpaired) electrons. The minimum atomic E-state index is -1.73. The molecule has 2 saturated heterocycles. The Morgan fingerprint density at radius 1 is 1.35 bits per heavy atom. The van der Waals surface area contributed by atoms with E-state index in [4.69, 9.17) is 4.43 Å². The van der Waals surface area contributed by atoms with Gasteiger partial charge in [0.25, 0.3) is 0 Å². The van der Waals surface area contributed by atoms with Crippen LogP contribution in [0.25, 0.3) is 0 Å². The normalized spacial score (nSPS) is 28.9. The van der Waals surface area contributed by atoms with Crippen LogP contribution in [0.4, 0.5) is 0 Å². The zero-order valence-corrected chi connectivity index (χ0v) is 14.9. The number of amides is 1. The van der Waals surface area contributed by atoms with Gasteiger partial charge in [-0.25, -0.2) is 0 Å². The van der Waals surface area contributed by atoms with Gasteiger partial charge < -0.3 is 9.33 Å². The van der Waals surface area contributed by atoms with Gasteiger partial charge in [-0.3, -0.25) is 9.69 Å². The number of nitrogens with zero attached hydrogens (tertiary/aromatic N) is 2. The van der Waals surface area contributed by atoms with E-state index in [0.29, 0.717) is 6.61 Å². The molecule has 116 valence electrons. The predicted molar refractivity (Wildman–Crippen MR) is 84.3 cm³/mol. The Labute approximate surface area is 124 Å². The molecule has 0 aliphatic carbocycles. The number of piperazine rings is 1. The van der Waals surface area contributed by atoms with Crippen molar-refractivity contribution in [2.75, 3.05) is 26.7 Å². The highest BCUT2D eigenvalue weighted by molar-refractivity contribution is 6.74. The summed E-state index contributed by atoms with van der Waals surface area (Å²) < 4.78 is 6.32. The molecule has 0 aromatic heterocycles. The van der Waals surface area contributed by atoms with Crippen molar-refractivity contribution in [3.8, 4) is 0 Å². The average Bonchev–Trinajstić information content (AvgIpc) is 2.79. The molecule has 2 aliphatic rings. The number of carbonyl (C=O) groups excluding carboxylic acids is 1. The van der Waals surface area contributed by atoms with E-state index < -0.39 is 8.32 Å². The number of fused-ring (bicyclic) bond motifs is 1. The maximum atomic E-state index is 12.4. The molecule has 2 aliphatic heterocycles. The summed E-state index contributed by atoms with van der Waals surface area (Å²) in [6, 6.07) is 0.357. The van der Waals surface area contributed by atoms with Gasteiger partial charge in [-0.15, -0.1) is 0 Å². The molecule has 2 fully saturated rings. The van der Waals surface area contributed by atoms with Crippen LogP contribution in [0.2, 0.25) is 18.1 Å². The zero-order valence-electron chi connectivity index (χ0n) is 13.9. The van der Waals surface area contributed by atoms with Crippen molar-refractivity contribution in [3.63, 3.8) is 0 Å². The van der Waals surface area contributed by atoms with Gasteiger partial charge in [0, 0.05) is 13.6 Å². The van der Waals surface area contributed by atoms with Crippen LogP contribution in [0.15, 0.2) is 0 Å². The molecule has 0 N–H and O–H groups in total. The Balaban J connectivity index is 1.98. The van der Waals surface area contributed by atoms with Crippen LogP contribution in [0, 0.1) is 0 Å². The molecule has 0 saturated carbocycles. The largest absolute Gasteiger partial charge is 0.415 e. The molecule has 2 atom stereocenters. The monoisotopic (exact) mass is 298 g/mol. The molecule has 0 aromatic rings. The Morgan fingerprint density at radius 3 is 2.60 bits per heavy atom. The first-order chi connectivity index (χ1) is 9.13. The van der Waals surface area contributed by atoms with Gasteiger partial charge in [0.15, 0.2) is 8.32 Å². The molecule has 0 bridgehead atoms.